The fourth-order valence-electron chi connectivity index (χ4n) is 3.59. The first-order valence-electron chi connectivity index (χ1n) is 6.34. The van der Waals surface area contributed by atoms with Crippen molar-refractivity contribution in [2.45, 2.75) is 64.5 Å². The molecule has 0 aromatic carbocycles. The first-order valence-corrected chi connectivity index (χ1v) is 6.34. The first-order chi connectivity index (χ1) is 7.62. The normalized spacial score (nSPS) is 31.1. The summed E-state index contributed by atoms with van der Waals surface area (Å²) in [4.78, 5) is 11.4. The van der Waals surface area contributed by atoms with Crippen molar-refractivity contribution in [2.24, 2.45) is 11.3 Å². The number of piperidine rings is 1. The second-order valence-electron chi connectivity index (χ2n) is 7.00. The molecule has 0 amide bonds. The summed E-state index contributed by atoms with van der Waals surface area (Å²) in [5, 5.41) is 21.0. The number of carboxylic acid groups (broad SMARTS) is 1. The lowest BCUT2D eigenvalue weighted by atomic mass is 9.69. The molecule has 2 aliphatic rings. The minimum atomic E-state index is -0.652. The topological polar surface area (TPSA) is 60.8 Å². The summed E-state index contributed by atoms with van der Waals surface area (Å²) in [6.45, 7) is 7.94. The lowest BCUT2D eigenvalue weighted by molar-refractivity contribution is -0.255. The van der Waals surface area contributed by atoms with Gasteiger partial charge in [-0.2, -0.15) is 5.06 Å². The molecule has 4 heteroatoms. The van der Waals surface area contributed by atoms with Gasteiger partial charge in [-0.05, 0) is 59.3 Å². The Morgan fingerprint density at radius 3 is 1.82 bits per heavy atom. The predicted molar refractivity (Wildman–Crippen MR) is 63.8 cm³/mol. The summed E-state index contributed by atoms with van der Waals surface area (Å²) in [5.41, 5.74) is -1.20. The quantitative estimate of drug-likeness (QED) is 0.780. The Bertz CT molecular complexity index is 327. The standard InChI is InChI=1S/C13H23NO3/c1-11(2)7-9(8-12(3,4)14(11)17)13(5-6-13)10(15)16/h9,17H,5-8H2,1-4H3,(H,15,16). The largest absolute Gasteiger partial charge is 0.481 e. The Balaban J connectivity index is 2.26. The van der Waals surface area contributed by atoms with Gasteiger partial charge < -0.3 is 10.3 Å². The molecule has 0 radical (unpaired) electrons. The van der Waals surface area contributed by atoms with Crippen molar-refractivity contribution in [3.05, 3.63) is 0 Å². The van der Waals surface area contributed by atoms with Gasteiger partial charge >= 0.3 is 5.97 Å². The van der Waals surface area contributed by atoms with E-state index in [1.165, 1.54) is 5.06 Å². The molecule has 2 rings (SSSR count). The van der Waals surface area contributed by atoms with Gasteiger partial charge in [-0.3, -0.25) is 4.79 Å². The van der Waals surface area contributed by atoms with Crippen LogP contribution in [-0.2, 0) is 4.79 Å². The lowest BCUT2D eigenvalue weighted by Crippen LogP contribution is -2.60. The molecule has 17 heavy (non-hydrogen) atoms. The van der Waals surface area contributed by atoms with Crippen LogP contribution in [0.3, 0.4) is 0 Å². The molecule has 2 fully saturated rings. The van der Waals surface area contributed by atoms with E-state index in [0.29, 0.717) is 0 Å². The second kappa shape index (κ2) is 3.45. The minimum Gasteiger partial charge on any atom is -0.481 e. The predicted octanol–water partition coefficient (Wildman–Crippen LogP) is 2.51. The number of aliphatic carboxylic acids is 1. The molecule has 2 N–H and O–H groups in total. The van der Waals surface area contributed by atoms with E-state index >= 15 is 0 Å². The number of hydrogen-bond donors (Lipinski definition) is 2. The van der Waals surface area contributed by atoms with Gasteiger partial charge in [-0.1, -0.05) is 0 Å². The van der Waals surface area contributed by atoms with Crippen LogP contribution < -0.4 is 0 Å². The molecule has 1 aliphatic carbocycles. The third-order valence-corrected chi connectivity index (χ3v) is 4.63. The highest BCUT2D eigenvalue weighted by Crippen LogP contribution is 2.59. The van der Waals surface area contributed by atoms with Gasteiger partial charge in [0, 0.05) is 11.1 Å². The van der Waals surface area contributed by atoms with Crippen LogP contribution in [-0.4, -0.2) is 32.4 Å². The van der Waals surface area contributed by atoms with Crippen LogP contribution >= 0.6 is 0 Å². The highest BCUT2D eigenvalue weighted by Gasteiger charge is 2.60. The Morgan fingerprint density at radius 1 is 1.12 bits per heavy atom. The van der Waals surface area contributed by atoms with Crippen LogP contribution in [0.15, 0.2) is 0 Å². The molecule has 1 saturated carbocycles. The zero-order valence-corrected chi connectivity index (χ0v) is 11.2. The van der Waals surface area contributed by atoms with E-state index in [2.05, 4.69) is 0 Å². The smallest absolute Gasteiger partial charge is 0.309 e. The number of hydrogen-bond acceptors (Lipinski definition) is 3. The first kappa shape index (κ1) is 12.8. The molecule has 0 spiro atoms. The second-order valence-corrected chi connectivity index (χ2v) is 7.00. The Kier molecular flexibility index (Phi) is 2.61. The number of carboxylic acids is 1. The molecular formula is C13H23NO3. The summed E-state index contributed by atoms with van der Waals surface area (Å²) in [6, 6.07) is 0. The van der Waals surface area contributed by atoms with Crippen LogP contribution in [0.2, 0.25) is 0 Å². The molecule has 0 atom stereocenters. The minimum absolute atomic E-state index is 0.174. The molecule has 1 heterocycles. The maximum Gasteiger partial charge on any atom is 0.309 e. The molecule has 0 aromatic heterocycles. The number of rotatable bonds is 2. The van der Waals surface area contributed by atoms with Crippen molar-refractivity contribution in [1.82, 2.24) is 5.06 Å². The Labute approximate surface area is 103 Å². The summed E-state index contributed by atoms with van der Waals surface area (Å²) in [6.07, 6.45) is 3.09. The van der Waals surface area contributed by atoms with Crippen LogP contribution in [0.25, 0.3) is 0 Å². The van der Waals surface area contributed by atoms with Crippen molar-refractivity contribution in [2.75, 3.05) is 0 Å². The maximum absolute atomic E-state index is 11.4. The van der Waals surface area contributed by atoms with Gasteiger partial charge in [0.1, 0.15) is 0 Å². The molecule has 0 aromatic rings. The number of nitrogens with zero attached hydrogens (tertiary/aromatic N) is 1. The van der Waals surface area contributed by atoms with Crippen molar-refractivity contribution in [3.8, 4) is 0 Å². The van der Waals surface area contributed by atoms with Crippen LogP contribution in [0.1, 0.15) is 53.4 Å². The highest BCUT2D eigenvalue weighted by atomic mass is 16.5. The van der Waals surface area contributed by atoms with E-state index < -0.39 is 11.4 Å². The van der Waals surface area contributed by atoms with Gasteiger partial charge in [-0.15, -0.1) is 0 Å². The fraction of sp³-hybridized carbons (Fsp3) is 0.923. The van der Waals surface area contributed by atoms with E-state index in [4.69, 9.17) is 0 Å². The number of hydroxylamine groups is 2. The van der Waals surface area contributed by atoms with Crippen LogP contribution in [0.4, 0.5) is 0 Å². The monoisotopic (exact) mass is 241 g/mol. The third-order valence-electron chi connectivity index (χ3n) is 4.63. The molecule has 1 saturated heterocycles. The molecule has 1 aliphatic heterocycles. The van der Waals surface area contributed by atoms with Crippen molar-refractivity contribution >= 4 is 5.97 Å². The lowest BCUT2D eigenvalue weighted by Gasteiger charge is -2.52. The molecular weight excluding hydrogens is 218 g/mol. The van der Waals surface area contributed by atoms with Gasteiger partial charge in [0.25, 0.3) is 0 Å². The van der Waals surface area contributed by atoms with Gasteiger partial charge in [0.05, 0.1) is 5.41 Å². The van der Waals surface area contributed by atoms with Crippen LogP contribution in [0.5, 0.6) is 0 Å². The average Bonchev–Trinajstić information content (AvgIpc) is 2.93. The average molecular weight is 241 g/mol. The van der Waals surface area contributed by atoms with Crippen LogP contribution in [0, 0.1) is 11.3 Å². The van der Waals surface area contributed by atoms with E-state index in [-0.39, 0.29) is 17.0 Å². The molecule has 98 valence electrons. The van der Waals surface area contributed by atoms with E-state index in [0.717, 1.165) is 25.7 Å². The van der Waals surface area contributed by atoms with Gasteiger partial charge in [0.15, 0.2) is 0 Å². The van der Waals surface area contributed by atoms with Gasteiger partial charge in [0.2, 0.25) is 0 Å². The summed E-state index contributed by atoms with van der Waals surface area (Å²) >= 11 is 0. The van der Waals surface area contributed by atoms with Gasteiger partial charge in [-0.25, -0.2) is 0 Å². The zero-order chi connectivity index (χ0) is 13.1. The summed E-state index contributed by atoms with van der Waals surface area (Å²) in [7, 11) is 0. The Hall–Kier alpha value is -0.610. The Morgan fingerprint density at radius 2 is 1.53 bits per heavy atom. The van der Waals surface area contributed by atoms with Crippen molar-refractivity contribution < 1.29 is 15.1 Å². The molecule has 0 bridgehead atoms. The fourth-order valence-corrected chi connectivity index (χ4v) is 3.59. The third kappa shape index (κ3) is 1.87. The summed E-state index contributed by atoms with van der Waals surface area (Å²) < 4.78 is 0. The maximum atomic E-state index is 11.4. The summed E-state index contributed by atoms with van der Waals surface area (Å²) in [5.74, 6) is -0.478. The highest BCUT2D eigenvalue weighted by molar-refractivity contribution is 5.78. The van der Waals surface area contributed by atoms with E-state index in [9.17, 15) is 15.1 Å². The van der Waals surface area contributed by atoms with Crippen molar-refractivity contribution in [1.29, 1.82) is 0 Å². The molecule has 0 unspecified atom stereocenters. The number of carbonyl (C=O) groups is 1. The SMILES string of the molecule is CC1(C)CC(C2(C(=O)O)CC2)CC(C)(C)N1O. The van der Waals surface area contributed by atoms with E-state index in [1.807, 2.05) is 27.7 Å². The zero-order valence-electron chi connectivity index (χ0n) is 11.2. The molecule has 4 nitrogen and oxygen atoms in total. The van der Waals surface area contributed by atoms with Crippen molar-refractivity contribution in [3.63, 3.8) is 0 Å². The van der Waals surface area contributed by atoms with E-state index in [1.54, 1.807) is 0 Å².